The summed E-state index contributed by atoms with van der Waals surface area (Å²) in [6, 6.07) is 26.2. The number of anilines is 2. The molecule has 3 amide bonds. The smallest absolute Gasteiger partial charge is 0.335 e. The highest BCUT2D eigenvalue weighted by Gasteiger charge is 2.44. The molecule has 19 nitrogen and oxygen atoms in total. The van der Waals surface area contributed by atoms with Crippen molar-refractivity contribution < 1.29 is 43.6 Å². The number of aliphatic hydroxyl groups is 1. The molecule has 1 saturated heterocycles. The number of hydrogen-bond acceptors (Lipinski definition) is 14. The summed E-state index contributed by atoms with van der Waals surface area (Å²) < 4.78 is 20.6. The zero-order valence-electron chi connectivity index (χ0n) is 40.5. The van der Waals surface area contributed by atoms with E-state index in [0.29, 0.717) is 43.4 Å². The number of amides is 3. The number of thiazole rings is 1. The van der Waals surface area contributed by atoms with Crippen LogP contribution in [-0.4, -0.2) is 133 Å². The van der Waals surface area contributed by atoms with Gasteiger partial charge < -0.3 is 45.3 Å². The highest BCUT2D eigenvalue weighted by Crippen LogP contribution is 2.33. The van der Waals surface area contributed by atoms with Crippen LogP contribution in [0.15, 0.2) is 109 Å². The van der Waals surface area contributed by atoms with Crippen molar-refractivity contribution in [3.05, 3.63) is 126 Å². The zero-order chi connectivity index (χ0) is 50.8. The topological polar surface area (TPSA) is 237 Å². The molecule has 7 aromatic rings. The van der Waals surface area contributed by atoms with Gasteiger partial charge >= 0.3 is 5.97 Å². The van der Waals surface area contributed by atoms with Gasteiger partial charge in [0, 0.05) is 42.5 Å². The van der Waals surface area contributed by atoms with Gasteiger partial charge in [0.15, 0.2) is 0 Å². The van der Waals surface area contributed by atoms with Gasteiger partial charge in [0.05, 0.1) is 73.5 Å². The first-order valence-corrected chi connectivity index (χ1v) is 24.5. The van der Waals surface area contributed by atoms with Crippen LogP contribution in [-0.2, 0) is 41.7 Å². The molecular weight excluding hydrogens is 941 g/mol. The van der Waals surface area contributed by atoms with Crippen molar-refractivity contribution in [2.24, 2.45) is 5.41 Å². The number of carbonyl (C=O) groups is 4. The molecular formula is C52H58N10O9S. The number of aromatic nitrogens is 6. The molecule has 1 fully saturated rings. The Morgan fingerprint density at radius 3 is 2.29 bits per heavy atom. The lowest BCUT2D eigenvalue weighted by Gasteiger charge is -2.35. The number of nitrogens with one attached hydrogen (secondary N) is 3. The highest BCUT2D eigenvalue weighted by atomic mass is 32.1. The van der Waals surface area contributed by atoms with Gasteiger partial charge in [0.2, 0.25) is 17.7 Å². The maximum Gasteiger partial charge on any atom is 0.335 e. The molecule has 0 saturated carbocycles. The minimum atomic E-state index is -0.993. The number of ether oxygens (including phenoxy) is 3. The summed E-state index contributed by atoms with van der Waals surface area (Å²) in [6.07, 6.45) is 2.95. The second-order valence-electron chi connectivity index (χ2n) is 18.4. The van der Waals surface area contributed by atoms with Crippen LogP contribution in [0.5, 0.6) is 0 Å². The van der Waals surface area contributed by atoms with Crippen molar-refractivity contribution in [2.45, 2.75) is 65.4 Å². The Morgan fingerprint density at radius 1 is 0.875 bits per heavy atom. The van der Waals surface area contributed by atoms with Gasteiger partial charge in [-0.3, -0.25) is 18.8 Å². The van der Waals surface area contributed by atoms with Crippen LogP contribution in [0.3, 0.4) is 0 Å². The van der Waals surface area contributed by atoms with Crippen LogP contribution in [0.2, 0.25) is 0 Å². The third-order valence-corrected chi connectivity index (χ3v) is 13.0. The van der Waals surface area contributed by atoms with Gasteiger partial charge in [-0.25, -0.2) is 19.4 Å². The van der Waals surface area contributed by atoms with Crippen molar-refractivity contribution in [2.75, 3.05) is 51.5 Å². The van der Waals surface area contributed by atoms with Gasteiger partial charge in [-0.1, -0.05) is 80.6 Å². The summed E-state index contributed by atoms with van der Waals surface area (Å²) in [5.74, 6) is -1.60. The Balaban J connectivity index is 0.739. The monoisotopic (exact) mass is 998 g/mol. The molecule has 4 aromatic heterocycles. The standard InChI is InChI=1S/C52H58N10O9S/c1-33-46(72-32-54-33)36-12-10-34(11-13-36)28-53-49(65)42-27-40(63)29-62(42)50(66)47(52(2,3)4)57-44(64)31-71-25-24-70-23-22-69-21-20-60-30-41(58-59-60)38-18-19-61-43(26-38)56-45(35-8-6-5-7-9-35)48(61)55-39-16-14-37(15-17-39)51(67)68/h5-19,26,30,32,40,42,47,55,63H,20-25,27-29,31H2,1-4H3,(H,53,65)(H,57,64)(H,67,68)/t40-,42+,47?/m1/s1. The summed E-state index contributed by atoms with van der Waals surface area (Å²) in [5, 5.41) is 37.7. The summed E-state index contributed by atoms with van der Waals surface area (Å²) in [7, 11) is 0. The third kappa shape index (κ3) is 12.7. The first-order valence-electron chi connectivity index (χ1n) is 23.6. The number of pyridine rings is 1. The number of aliphatic hydroxyl groups excluding tert-OH is 1. The molecule has 5 N–H and O–H groups in total. The molecule has 0 aliphatic carbocycles. The van der Waals surface area contributed by atoms with E-state index in [-0.39, 0.29) is 50.8 Å². The average molecular weight is 999 g/mol. The zero-order valence-corrected chi connectivity index (χ0v) is 41.3. The van der Waals surface area contributed by atoms with Crippen LogP contribution < -0.4 is 16.0 Å². The number of carbonyl (C=O) groups excluding carboxylic acids is 3. The third-order valence-electron chi connectivity index (χ3n) is 12.1. The number of aromatic carboxylic acids is 1. The number of aryl methyl sites for hydroxylation is 1. The van der Waals surface area contributed by atoms with E-state index < -0.39 is 41.4 Å². The normalized spacial score (nSPS) is 15.2. The van der Waals surface area contributed by atoms with Crippen molar-refractivity contribution in [3.63, 3.8) is 0 Å². The Hall–Kier alpha value is -7.36. The molecule has 3 atom stereocenters. The first kappa shape index (κ1) is 51.0. The average Bonchev–Trinajstić information content (AvgIpc) is 4.19. The van der Waals surface area contributed by atoms with Crippen molar-refractivity contribution in [1.82, 2.24) is 44.9 Å². The van der Waals surface area contributed by atoms with E-state index in [0.717, 1.165) is 44.3 Å². The largest absolute Gasteiger partial charge is 0.478 e. The quantitative estimate of drug-likeness (QED) is 0.0491. The predicted octanol–water partition coefficient (Wildman–Crippen LogP) is 5.99. The number of nitrogens with zero attached hydrogens (tertiary/aromatic N) is 7. The fourth-order valence-electron chi connectivity index (χ4n) is 8.24. The lowest BCUT2D eigenvalue weighted by Crippen LogP contribution is -2.58. The van der Waals surface area contributed by atoms with E-state index >= 15 is 0 Å². The number of β-amino-alcohol motifs (C(OH)–C–C–N with tert-alkyl or cyclic N) is 1. The SMILES string of the molecule is Cc1ncsc1-c1ccc(CNC(=O)[C@@H]2C[C@@H](O)CN2C(=O)C(NC(=O)COCCOCCOCCn2cc(-c3ccn4c(Nc5ccc(C(=O)O)cc5)c(-c5ccccc5)nc4c3)nn2)C(C)(C)C)cc1. The Bertz CT molecular complexity index is 2970. The van der Waals surface area contributed by atoms with Crippen LogP contribution in [0.4, 0.5) is 11.5 Å². The van der Waals surface area contributed by atoms with Gasteiger partial charge in [0.25, 0.3) is 0 Å². The highest BCUT2D eigenvalue weighted by molar-refractivity contribution is 7.13. The minimum absolute atomic E-state index is 0.0263. The Labute approximate surface area is 420 Å². The number of rotatable bonds is 22. The molecule has 376 valence electrons. The molecule has 8 rings (SSSR count). The summed E-state index contributed by atoms with van der Waals surface area (Å²) in [5.41, 5.74) is 8.70. The lowest BCUT2D eigenvalue weighted by molar-refractivity contribution is -0.144. The summed E-state index contributed by atoms with van der Waals surface area (Å²) in [4.78, 5) is 63.6. The van der Waals surface area contributed by atoms with E-state index in [1.165, 1.54) is 4.90 Å². The second-order valence-corrected chi connectivity index (χ2v) is 19.3. The fraction of sp³-hybridized carbons (Fsp3) is 0.346. The maximum atomic E-state index is 14.0. The van der Waals surface area contributed by atoms with Gasteiger partial charge in [0.1, 0.15) is 41.5 Å². The molecule has 5 heterocycles. The van der Waals surface area contributed by atoms with Crippen LogP contribution in [0, 0.1) is 12.3 Å². The lowest BCUT2D eigenvalue weighted by atomic mass is 9.85. The van der Waals surface area contributed by atoms with Gasteiger partial charge in [-0.05, 0) is 59.9 Å². The molecule has 0 radical (unpaired) electrons. The van der Waals surface area contributed by atoms with Crippen LogP contribution in [0.25, 0.3) is 38.6 Å². The Morgan fingerprint density at radius 2 is 1.60 bits per heavy atom. The fourth-order valence-corrected chi connectivity index (χ4v) is 9.05. The molecule has 0 bridgehead atoms. The molecule has 1 aliphatic rings. The second kappa shape index (κ2) is 23.2. The number of fused-ring (bicyclic) bond motifs is 1. The molecule has 1 unspecified atom stereocenters. The van der Waals surface area contributed by atoms with Crippen molar-refractivity contribution in [1.29, 1.82) is 0 Å². The molecule has 0 spiro atoms. The summed E-state index contributed by atoms with van der Waals surface area (Å²) >= 11 is 1.57. The molecule has 3 aromatic carbocycles. The number of likely N-dealkylation sites (tertiary alicyclic amines) is 1. The summed E-state index contributed by atoms with van der Waals surface area (Å²) in [6.45, 7) is 9.15. The number of carboxylic acid groups (broad SMARTS) is 1. The Kier molecular flexibility index (Phi) is 16.5. The van der Waals surface area contributed by atoms with Crippen LogP contribution in [0.1, 0.15) is 48.8 Å². The van der Waals surface area contributed by atoms with E-state index in [2.05, 4.69) is 31.2 Å². The van der Waals surface area contributed by atoms with Gasteiger partial charge in [-0.2, -0.15) is 0 Å². The molecule has 20 heteroatoms. The number of carboxylic acids is 1. The van der Waals surface area contributed by atoms with Crippen molar-refractivity contribution >= 4 is 52.2 Å². The van der Waals surface area contributed by atoms with Crippen LogP contribution >= 0.6 is 11.3 Å². The van der Waals surface area contributed by atoms with E-state index in [4.69, 9.17) is 19.2 Å². The number of imidazole rings is 1. The number of benzene rings is 3. The van der Waals surface area contributed by atoms with E-state index in [1.807, 2.05) is 117 Å². The first-order chi connectivity index (χ1) is 34.7. The minimum Gasteiger partial charge on any atom is -0.478 e. The van der Waals surface area contributed by atoms with E-state index in [9.17, 15) is 29.4 Å². The van der Waals surface area contributed by atoms with Crippen molar-refractivity contribution in [3.8, 4) is 33.0 Å². The molecule has 72 heavy (non-hydrogen) atoms. The van der Waals surface area contributed by atoms with Gasteiger partial charge in [-0.15, -0.1) is 16.4 Å². The molecule has 1 aliphatic heterocycles. The maximum absolute atomic E-state index is 14.0. The number of hydrogen-bond donors (Lipinski definition) is 5. The van der Waals surface area contributed by atoms with E-state index in [1.54, 1.807) is 40.3 Å². The predicted molar refractivity (Wildman–Crippen MR) is 270 cm³/mol.